The third kappa shape index (κ3) is 8.29. The number of imidazole rings is 1. The highest BCUT2D eigenvalue weighted by atomic mass is 31.3. The summed E-state index contributed by atoms with van der Waals surface area (Å²) in [7, 11) is -16.7. The molecule has 3 heterocycles. The summed E-state index contributed by atoms with van der Waals surface area (Å²) in [6.07, 6.45) is -0.793. The maximum Gasteiger partial charge on any atom is 0.490 e. The van der Waals surface area contributed by atoms with Crippen LogP contribution in [-0.2, 0) is 31.6 Å². The predicted molar refractivity (Wildman–Crippen MR) is 122 cm³/mol. The second-order valence-electron chi connectivity index (χ2n) is 7.76. The standard InChI is InChI=1S/C15H27N6O13P3/c16-4-2-1-3-5-17-13-10-14(19-7-18-13)21(8-20-10)15-12(23)11(22)9(32-15)6-31-36(27,28)34-37(29,30)33-35(24,25)26/h7-9,11-12,15,22-23H,1-6,16H2,(H,27,28)(H,29,30)(H,17,18,19)(H2,24,25,26)/t9-,11-,12-,15?/m1/s1. The average molecular weight is 592 g/mol. The lowest BCUT2D eigenvalue weighted by Gasteiger charge is -2.19. The minimum absolute atomic E-state index is 0.240. The summed E-state index contributed by atoms with van der Waals surface area (Å²) < 4.78 is 52.6. The van der Waals surface area contributed by atoms with Gasteiger partial charge in [-0.2, -0.15) is 8.62 Å². The number of unbranched alkanes of at least 4 members (excludes halogenated alkanes) is 2. The number of aliphatic hydroxyl groups excluding tert-OH is 2. The Morgan fingerprint density at radius 3 is 2.41 bits per heavy atom. The van der Waals surface area contributed by atoms with E-state index in [4.69, 9.17) is 20.3 Å². The average Bonchev–Trinajstić information content (AvgIpc) is 3.31. The van der Waals surface area contributed by atoms with Gasteiger partial charge < -0.3 is 45.6 Å². The summed E-state index contributed by atoms with van der Waals surface area (Å²) in [6, 6.07) is 0. The van der Waals surface area contributed by atoms with Crippen LogP contribution in [0.15, 0.2) is 12.7 Å². The van der Waals surface area contributed by atoms with E-state index in [0.29, 0.717) is 24.4 Å². The van der Waals surface area contributed by atoms with Crippen molar-refractivity contribution in [3.8, 4) is 0 Å². The van der Waals surface area contributed by atoms with Gasteiger partial charge in [-0.1, -0.05) is 6.42 Å². The van der Waals surface area contributed by atoms with Gasteiger partial charge in [0.1, 0.15) is 24.6 Å². The van der Waals surface area contributed by atoms with E-state index in [9.17, 15) is 33.7 Å². The molecule has 1 aliphatic rings. The molecule has 0 bridgehead atoms. The van der Waals surface area contributed by atoms with Crippen molar-refractivity contribution in [2.45, 2.75) is 43.8 Å². The number of fused-ring (bicyclic) bond motifs is 1. The molecule has 0 saturated carbocycles. The second kappa shape index (κ2) is 12.2. The zero-order valence-electron chi connectivity index (χ0n) is 19.0. The summed E-state index contributed by atoms with van der Waals surface area (Å²) in [5, 5.41) is 24.0. The smallest absolute Gasteiger partial charge is 0.387 e. The van der Waals surface area contributed by atoms with E-state index in [2.05, 4.69) is 33.4 Å². The summed E-state index contributed by atoms with van der Waals surface area (Å²) in [5.74, 6) is 0.425. The number of aromatic nitrogens is 4. The van der Waals surface area contributed by atoms with Crippen LogP contribution in [0.2, 0.25) is 0 Å². The molecule has 0 amide bonds. The Morgan fingerprint density at radius 1 is 1.00 bits per heavy atom. The van der Waals surface area contributed by atoms with E-state index in [0.717, 1.165) is 19.3 Å². The molecular formula is C15H27N6O13P3. The van der Waals surface area contributed by atoms with E-state index >= 15 is 0 Å². The monoisotopic (exact) mass is 592 g/mol. The Kier molecular flexibility index (Phi) is 9.93. The lowest BCUT2D eigenvalue weighted by atomic mass is 10.1. The first-order valence-corrected chi connectivity index (χ1v) is 15.2. The van der Waals surface area contributed by atoms with Crippen LogP contribution in [0.25, 0.3) is 11.2 Å². The molecule has 0 aliphatic carbocycles. The fourth-order valence-corrected chi connectivity index (χ4v) is 6.42. The number of anilines is 1. The quantitative estimate of drug-likeness (QED) is 0.0996. The highest BCUT2D eigenvalue weighted by Gasteiger charge is 2.47. The molecule has 22 heteroatoms. The number of hydrogen-bond acceptors (Lipinski definition) is 14. The summed E-state index contributed by atoms with van der Waals surface area (Å²) in [4.78, 5) is 48.4. The van der Waals surface area contributed by atoms with E-state index in [1.165, 1.54) is 17.2 Å². The number of nitrogens with zero attached hydrogens (tertiary/aromatic N) is 4. The fraction of sp³-hybridized carbons (Fsp3) is 0.667. The maximum atomic E-state index is 11.9. The van der Waals surface area contributed by atoms with Crippen LogP contribution in [0, 0.1) is 0 Å². The van der Waals surface area contributed by atoms with E-state index in [1.54, 1.807) is 0 Å². The Bertz CT molecular complexity index is 1210. The van der Waals surface area contributed by atoms with Crippen molar-refractivity contribution < 1.29 is 61.4 Å². The van der Waals surface area contributed by atoms with Crippen molar-refractivity contribution in [2.75, 3.05) is 25.0 Å². The molecule has 3 unspecified atom stereocenters. The molecule has 6 atom stereocenters. The van der Waals surface area contributed by atoms with Crippen LogP contribution in [-0.4, -0.2) is 87.3 Å². The number of nitrogens with one attached hydrogen (secondary N) is 1. The van der Waals surface area contributed by atoms with Gasteiger partial charge >= 0.3 is 23.5 Å². The van der Waals surface area contributed by atoms with Gasteiger partial charge in [0, 0.05) is 6.54 Å². The molecule has 0 radical (unpaired) electrons. The van der Waals surface area contributed by atoms with Gasteiger partial charge in [0.05, 0.1) is 12.9 Å². The fourth-order valence-electron chi connectivity index (χ4n) is 3.39. The lowest BCUT2D eigenvalue weighted by Crippen LogP contribution is -2.33. The second-order valence-corrected chi connectivity index (χ2v) is 12.2. The highest BCUT2D eigenvalue weighted by molar-refractivity contribution is 7.66. The molecule has 1 fully saturated rings. The molecule has 1 saturated heterocycles. The SMILES string of the molecule is NCCCCCNc1ncnc2c1ncn2C1O[C@H](COP(=O)(O)OP(=O)(O)OP(=O)(O)O)[C@@H](O)[C@H]1O. The number of nitrogens with two attached hydrogens (primary N) is 1. The van der Waals surface area contributed by atoms with Crippen LogP contribution in [0.4, 0.5) is 5.82 Å². The normalized spacial score (nSPS) is 25.7. The molecule has 0 spiro atoms. The molecule has 210 valence electrons. The molecule has 0 aromatic carbocycles. The number of phosphoric ester groups is 1. The first-order chi connectivity index (χ1) is 17.2. The lowest BCUT2D eigenvalue weighted by molar-refractivity contribution is -0.0503. The molecule has 19 nitrogen and oxygen atoms in total. The molecule has 37 heavy (non-hydrogen) atoms. The van der Waals surface area contributed by atoms with Gasteiger partial charge in [-0.15, -0.1) is 0 Å². The minimum atomic E-state index is -5.71. The van der Waals surface area contributed by atoms with Gasteiger partial charge in [0.15, 0.2) is 23.2 Å². The molecule has 2 aromatic rings. The van der Waals surface area contributed by atoms with Crippen molar-refractivity contribution in [3.05, 3.63) is 12.7 Å². The number of hydrogen-bond donors (Lipinski definition) is 8. The Labute approximate surface area is 209 Å². The first kappa shape index (κ1) is 30.1. The van der Waals surface area contributed by atoms with Crippen LogP contribution in [0.3, 0.4) is 0 Å². The largest absolute Gasteiger partial charge is 0.490 e. The van der Waals surface area contributed by atoms with E-state index in [1.807, 2.05) is 0 Å². The van der Waals surface area contributed by atoms with E-state index < -0.39 is 54.6 Å². The number of rotatable bonds is 14. The van der Waals surface area contributed by atoms with Crippen molar-refractivity contribution in [1.29, 1.82) is 0 Å². The van der Waals surface area contributed by atoms with Crippen LogP contribution < -0.4 is 11.1 Å². The van der Waals surface area contributed by atoms with Crippen molar-refractivity contribution in [3.63, 3.8) is 0 Å². The topological polar surface area (TPSA) is 291 Å². The van der Waals surface area contributed by atoms with Gasteiger partial charge in [0.2, 0.25) is 0 Å². The third-order valence-electron chi connectivity index (χ3n) is 4.96. The summed E-state index contributed by atoms with van der Waals surface area (Å²) in [6.45, 7) is 0.248. The molecule has 2 aromatic heterocycles. The molecule has 3 rings (SSSR count). The minimum Gasteiger partial charge on any atom is -0.387 e. The number of ether oxygens (including phenoxy) is 1. The molecular weight excluding hydrogens is 565 g/mol. The highest BCUT2D eigenvalue weighted by Crippen LogP contribution is 2.66. The Balaban J connectivity index is 1.66. The number of aliphatic hydroxyl groups is 2. The molecule has 1 aliphatic heterocycles. The van der Waals surface area contributed by atoms with Gasteiger partial charge in [-0.25, -0.2) is 28.6 Å². The first-order valence-electron chi connectivity index (χ1n) is 10.6. The Morgan fingerprint density at radius 2 is 1.73 bits per heavy atom. The summed E-state index contributed by atoms with van der Waals surface area (Å²) in [5.41, 5.74) is 6.07. The van der Waals surface area contributed by atoms with Crippen molar-refractivity contribution >= 4 is 40.4 Å². The zero-order chi connectivity index (χ0) is 27.4. The Hall–Kier alpha value is -1.40. The van der Waals surface area contributed by atoms with Crippen molar-refractivity contribution in [1.82, 2.24) is 19.5 Å². The maximum absolute atomic E-state index is 11.9. The van der Waals surface area contributed by atoms with Crippen LogP contribution in [0.1, 0.15) is 25.5 Å². The number of phosphoric acid groups is 3. The third-order valence-corrected chi connectivity index (χ3v) is 8.76. The van der Waals surface area contributed by atoms with Gasteiger partial charge in [0.25, 0.3) is 0 Å². The predicted octanol–water partition coefficient (Wildman–Crippen LogP) is -0.670. The van der Waals surface area contributed by atoms with Crippen LogP contribution >= 0.6 is 23.5 Å². The molecule has 9 N–H and O–H groups in total. The zero-order valence-corrected chi connectivity index (χ0v) is 21.6. The summed E-state index contributed by atoms with van der Waals surface area (Å²) >= 11 is 0. The van der Waals surface area contributed by atoms with Crippen LogP contribution in [0.5, 0.6) is 0 Å². The van der Waals surface area contributed by atoms with Crippen molar-refractivity contribution in [2.24, 2.45) is 5.73 Å². The van der Waals surface area contributed by atoms with E-state index in [-0.39, 0.29) is 5.65 Å². The van der Waals surface area contributed by atoms with Gasteiger partial charge in [-0.3, -0.25) is 9.09 Å². The van der Waals surface area contributed by atoms with Gasteiger partial charge in [-0.05, 0) is 19.4 Å².